The lowest BCUT2D eigenvalue weighted by Crippen LogP contribution is -2.35. The molecule has 0 spiro atoms. The number of aromatic nitrogens is 2. The van der Waals surface area contributed by atoms with Crippen LogP contribution in [0, 0.1) is 5.41 Å². The normalized spacial score (nSPS) is 13.9. The molecule has 1 aliphatic carbocycles. The van der Waals surface area contributed by atoms with Crippen molar-refractivity contribution in [2.45, 2.75) is 68.8 Å². The van der Waals surface area contributed by atoms with Crippen molar-refractivity contribution in [3.05, 3.63) is 70.1 Å². The number of carbonyl (C=O) groups excluding carboxylic acids is 1. The fourth-order valence-electron chi connectivity index (χ4n) is 4.78. The van der Waals surface area contributed by atoms with Crippen molar-refractivity contribution >= 4 is 33.1 Å². The van der Waals surface area contributed by atoms with Gasteiger partial charge in [0.15, 0.2) is 15.7 Å². The van der Waals surface area contributed by atoms with Crippen LogP contribution in [-0.4, -0.2) is 41.0 Å². The Balaban J connectivity index is 1.67. The number of nitrogens with one attached hydrogen (secondary N) is 3. The van der Waals surface area contributed by atoms with Gasteiger partial charge in [-0.05, 0) is 50.5 Å². The zero-order chi connectivity index (χ0) is 29.0. The summed E-state index contributed by atoms with van der Waals surface area (Å²) in [4.78, 5) is 30.9. The van der Waals surface area contributed by atoms with Gasteiger partial charge in [0, 0.05) is 29.4 Å². The molecule has 11 nitrogen and oxygen atoms in total. The molecule has 0 aliphatic heterocycles. The summed E-state index contributed by atoms with van der Waals surface area (Å²) in [6.07, 6.45) is 4.38. The number of amides is 1. The number of nitrogens with two attached hydrogens (primary N) is 2. The number of hydrogen-bond acceptors (Lipinski definition) is 8. The highest BCUT2D eigenvalue weighted by Crippen LogP contribution is 2.33. The van der Waals surface area contributed by atoms with Crippen molar-refractivity contribution in [2.24, 2.45) is 5.73 Å². The Morgan fingerprint density at radius 2 is 1.82 bits per heavy atom. The first kappa shape index (κ1) is 28.8. The molecule has 1 fully saturated rings. The highest BCUT2D eigenvalue weighted by atomic mass is 32.2. The molecule has 1 aromatic heterocycles. The second kappa shape index (κ2) is 11.9. The third-order valence-corrected chi connectivity index (χ3v) is 9.07. The lowest BCUT2D eigenvalue weighted by atomic mass is 10.1. The van der Waals surface area contributed by atoms with E-state index < -0.39 is 26.6 Å². The molecule has 7 N–H and O–H groups in total. The first-order chi connectivity index (χ1) is 19.0. The van der Waals surface area contributed by atoms with E-state index >= 15 is 0 Å². The van der Waals surface area contributed by atoms with E-state index in [0.717, 1.165) is 18.4 Å². The maximum atomic E-state index is 13.5. The smallest absolute Gasteiger partial charge is 0.294 e. The fourth-order valence-corrected chi connectivity index (χ4v) is 6.71. The van der Waals surface area contributed by atoms with Crippen molar-refractivity contribution in [3.8, 4) is 11.3 Å². The standard InChI is InChI=1S/C28H35N7O4S/c1-17(2)34-27-28(37)35(16-25(36)32-14-18-7-9-19(10-8-18)26(30)31)24(15-33-27)20-11-21(29)13-23(12-20)40(38,39)22-5-3-4-6-22/h7-13,15,17,22H,3-6,14,16,29H2,1-2H3,(H3,30,31)(H,32,36)(H,33,34). The Labute approximate surface area is 233 Å². The van der Waals surface area contributed by atoms with E-state index in [9.17, 15) is 18.0 Å². The van der Waals surface area contributed by atoms with Gasteiger partial charge in [-0.1, -0.05) is 37.1 Å². The first-order valence-corrected chi connectivity index (χ1v) is 14.7. The van der Waals surface area contributed by atoms with Crippen LogP contribution in [0.4, 0.5) is 11.5 Å². The number of nitrogen functional groups attached to an aromatic ring is 2. The highest BCUT2D eigenvalue weighted by molar-refractivity contribution is 7.92. The Morgan fingerprint density at radius 1 is 1.15 bits per heavy atom. The van der Waals surface area contributed by atoms with Crippen molar-refractivity contribution in [3.63, 3.8) is 0 Å². The lowest BCUT2D eigenvalue weighted by molar-refractivity contribution is -0.121. The molecule has 0 saturated heterocycles. The zero-order valence-corrected chi connectivity index (χ0v) is 23.4. The third-order valence-electron chi connectivity index (χ3n) is 6.83. The largest absolute Gasteiger partial charge is 0.399 e. The minimum absolute atomic E-state index is 0.0493. The van der Waals surface area contributed by atoms with Gasteiger partial charge in [0.1, 0.15) is 12.4 Å². The number of rotatable bonds is 10. The van der Waals surface area contributed by atoms with Crippen molar-refractivity contribution in [1.29, 1.82) is 5.41 Å². The van der Waals surface area contributed by atoms with E-state index in [1.165, 1.54) is 22.9 Å². The zero-order valence-electron chi connectivity index (χ0n) is 22.6. The van der Waals surface area contributed by atoms with Crippen LogP contribution in [0.5, 0.6) is 0 Å². The fraction of sp³-hybridized carbons (Fsp3) is 0.357. The number of hydrogen-bond donors (Lipinski definition) is 5. The van der Waals surface area contributed by atoms with Crippen LogP contribution >= 0.6 is 0 Å². The van der Waals surface area contributed by atoms with Crippen LogP contribution in [0.1, 0.15) is 50.7 Å². The van der Waals surface area contributed by atoms with Crippen molar-refractivity contribution < 1.29 is 13.2 Å². The third kappa shape index (κ3) is 6.50. The van der Waals surface area contributed by atoms with E-state index in [-0.39, 0.29) is 47.1 Å². The van der Waals surface area contributed by atoms with Gasteiger partial charge in [0.2, 0.25) is 5.91 Å². The predicted molar refractivity (Wildman–Crippen MR) is 156 cm³/mol. The van der Waals surface area contributed by atoms with Crippen LogP contribution in [0.3, 0.4) is 0 Å². The average molecular weight is 566 g/mol. The van der Waals surface area contributed by atoms with Gasteiger partial charge >= 0.3 is 0 Å². The molecule has 2 aromatic carbocycles. The summed E-state index contributed by atoms with van der Waals surface area (Å²) < 4.78 is 27.9. The summed E-state index contributed by atoms with van der Waals surface area (Å²) in [6, 6.07) is 11.3. The van der Waals surface area contributed by atoms with E-state index in [4.69, 9.17) is 16.9 Å². The van der Waals surface area contributed by atoms with Gasteiger partial charge in [-0.15, -0.1) is 0 Å². The molecule has 12 heteroatoms. The summed E-state index contributed by atoms with van der Waals surface area (Å²) >= 11 is 0. The van der Waals surface area contributed by atoms with Crippen LogP contribution < -0.4 is 27.7 Å². The molecule has 212 valence electrons. The van der Waals surface area contributed by atoms with E-state index in [2.05, 4.69) is 15.6 Å². The molecule has 1 aliphatic rings. The van der Waals surface area contributed by atoms with Gasteiger partial charge in [-0.2, -0.15) is 0 Å². The van der Waals surface area contributed by atoms with Crippen molar-refractivity contribution in [1.82, 2.24) is 14.9 Å². The molecule has 1 saturated carbocycles. The van der Waals surface area contributed by atoms with Gasteiger partial charge in [0.25, 0.3) is 5.56 Å². The van der Waals surface area contributed by atoms with E-state index in [1.54, 1.807) is 30.3 Å². The molecule has 0 bridgehead atoms. The van der Waals surface area contributed by atoms with Gasteiger partial charge in [0.05, 0.1) is 22.0 Å². The average Bonchev–Trinajstić information content (AvgIpc) is 3.46. The predicted octanol–water partition coefficient (Wildman–Crippen LogP) is 2.63. The molecular weight excluding hydrogens is 530 g/mol. The first-order valence-electron chi connectivity index (χ1n) is 13.2. The summed E-state index contributed by atoms with van der Waals surface area (Å²) in [5.41, 5.74) is 13.4. The molecule has 3 aromatic rings. The minimum Gasteiger partial charge on any atom is -0.399 e. The summed E-state index contributed by atoms with van der Waals surface area (Å²) in [5.74, 6) is -0.399. The Morgan fingerprint density at radius 3 is 2.45 bits per heavy atom. The summed E-state index contributed by atoms with van der Waals surface area (Å²) in [7, 11) is -3.61. The molecule has 1 heterocycles. The Hall–Kier alpha value is -4.19. The minimum atomic E-state index is -3.61. The molecule has 0 atom stereocenters. The molecular formula is C28H35N7O4S. The molecule has 1 amide bonds. The molecule has 0 unspecified atom stereocenters. The molecule has 40 heavy (non-hydrogen) atoms. The molecule has 0 radical (unpaired) electrons. The quantitative estimate of drug-likeness (QED) is 0.141. The number of carbonyl (C=O) groups is 1. The van der Waals surface area contributed by atoms with Crippen molar-refractivity contribution in [2.75, 3.05) is 11.1 Å². The SMILES string of the molecule is CC(C)Nc1ncc(-c2cc(N)cc(S(=O)(=O)C3CCCC3)c2)n(CC(=O)NCc2ccc(C(=N)N)cc2)c1=O. The topological polar surface area (TPSA) is 186 Å². The lowest BCUT2D eigenvalue weighted by Gasteiger charge is -2.18. The number of amidine groups is 1. The van der Waals surface area contributed by atoms with Crippen LogP contribution in [0.25, 0.3) is 11.3 Å². The van der Waals surface area contributed by atoms with Gasteiger partial charge < -0.3 is 22.1 Å². The number of anilines is 2. The van der Waals surface area contributed by atoms with Gasteiger partial charge in [-0.3, -0.25) is 19.6 Å². The van der Waals surface area contributed by atoms with E-state index in [0.29, 0.717) is 24.0 Å². The highest BCUT2D eigenvalue weighted by Gasteiger charge is 2.31. The number of benzene rings is 2. The van der Waals surface area contributed by atoms with Crippen LogP contribution in [0.2, 0.25) is 0 Å². The van der Waals surface area contributed by atoms with Crippen LogP contribution in [0.15, 0.2) is 58.4 Å². The maximum absolute atomic E-state index is 13.5. The number of nitrogens with zero attached hydrogens (tertiary/aromatic N) is 2. The summed E-state index contributed by atoms with van der Waals surface area (Å²) in [6.45, 7) is 3.60. The monoisotopic (exact) mass is 565 g/mol. The second-order valence-corrected chi connectivity index (χ2v) is 12.5. The maximum Gasteiger partial charge on any atom is 0.294 e. The Kier molecular flexibility index (Phi) is 8.58. The number of sulfone groups is 1. The summed E-state index contributed by atoms with van der Waals surface area (Å²) in [5, 5.41) is 12.8. The molecule has 4 rings (SSSR count). The Bertz CT molecular complexity index is 1580. The second-order valence-electron chi connectivity index (χ2n) is 10.3. The van der Waals surface area contributed by atoms with Crippen LogP contribution in [-0.2, 0) is 27.7 Å². The van der Waals surface area contributed by atoms with Gasteiger partial charge in [-0.25, -0.2) is 13.4 Å². The van der Waals surface area contributed by atoms with E-state index in [1.807, 2.05) is 13.8 Å².